The lowest BCUT2D eigenvalue weighted by Crippen LogP contribution is -2.44. The van der Waals surface area contributed by atoms with Crippen LogP contribution in [0.25, 0.3) is 11.0 Å². The molecule has 1 fully saturated rings. The van der Waals surface area contributed by atoms with Crippen LogP contribution in [0.3, 0.4) is 0 Å². The number of aliphatic hydroxyl groups excluding tert-OH is 2. The summed E-state index contributed by atoms with van der Waals surface area (Å²) in [5.41, 5.74) is -0.963. The third-order valence-corrected chi connectivity index (χ3v) is 3.93. The fourth-order valence-corrected chi connectivity index (χ4v) is 2.75. The van der Waals surface area contributed by atoms with Gasteiger partial charge in [0.15, 0.2) is 6.23 Å². The Morgan fingerprint density at radius 3 is 2.86 bits per heavy atom. The van der Waals surface area contributed by atoms with Crippen molar-refractivity contribution in [3.63, 3.8) is 0 Å². The second-order valence-electron chi connectivity index (χ2n) is 5.31. The summed E-state index contributed by atoms with van der Waals surface area (Å²) >= 11 is 0. The van der Waals surface area contributed by atoms with Gasteiger partial charge >= 0.3 is 0 Å². The maximum atomic E-state index is 10.5. The molecule has 0 aliphatic carbocycles. The smallest absolute Gasteiger partial charge is 0.167 e. The molecule has 0 saturated carbocycles. The summed E-state index contributed by atoms with van der Waals surface area (Å²) in [4.78, 5) is 8.33. The van der Waals surface area contributed by atoms with Crippen molar-refractivity contribution in [1.82, 2.24) is 14.5 Å². The third kappa shape index (κ3) is 1.99. The van der Waals surface area contributed by atoms with Gasteiger partial charge < -0.3 is 29.9 Å². The van der Waals surface area contributed by atoms with Crippen LogP contribution in [0, 0.1) is 0 Å². The highest BCUT2D eigenvalue weighted by Crippen LogP contribution is 2.39. The first kappa shape index (κ1) is 14.2. The van der Waals surface area contributed by atoms with E-state index in [1.165, 1.54) is 13.3 Å². The zero-order valence-corrected chi connectivity index (χ0v) is 11.8. The van der Waals surface area contributed by atoms with E-state index in [4.69, 9.17) is 4.74 Å². The highest BCUT2D eigenvalue weighted by molar-refractivity contribution is 5.87. The molecule has 8 heteroatoms. The van der Waals surface area contributed by atoms with Gasteiger partial charge in [-0.2, -0.15) is 0 Å². The van der Waals surface area contributed by atoms with Crippen LogP contribution < -0.4 is 5.32 Å². The van der Waals surface area contributed by atoms with Crippen molar-refractivity contribution in [2.75, 3.05) is 19.0 Å². The van der Waals surface area contributed by atoms with Gasteiger partial charge in [0.2, 0.25) is 0 Å². The van der Waals surface area contributed by atoms with E-state index < -0.39 is 24.0 Å². The number of hydrogen-bond acceptors (Lipinski definition) is 7. The summed E-state index contributed by atoms with van der Waals surface area (Å²) in [5, 5.41) is 33.6. The first-order valence-corrected chi connectivity index (χ1v) is 6.66. The summed E-state index contributed by atoms with van der Waals surface area (Å²) in [6, 6.07) is 1.80. The largest absolute Gasteiger partial charge is 0.394 e. The molecule has 0 amide bonds. The Hall–Kier alpha value is -1.74. The first-order valence-electron chi connectivity index (χ1n) is 6.66. The minimum atomic E-state index is -1.54. The molecule has 4 N–H and O–H groups in total. The molecule has 0 unspecified atom stereocenters. The fraction of sp³-hybridized carbons (Fsp3) is 0.538. The Kier molecular flexibility index (Phi) is 3.33. The number of nitrogens with zero attached hydrogens (tertiary/aromatic N) is 3. The lowest BCUT2D eigenvalue weighted by molar-refractivity contribution is -0.0948. The Morgan fingerprint density at radius 2 is 2.24 bits per heavy atom. The van der Waals surface area contributed by atoms with E-state index in [-0.39, 0.29) is 6.61 Å². The monoisotopic (exact) mass is 294 g/mol. The molecule has 3 rings (SSSR count). The lowest BCUT2D eigenvalue weighted by Gasteiger charge is -2.27. The van der Waals surface area contributed by atoms with Crippen LogP contribution in [0.4, 0.5) is 5.82 Å². The van der Waals surface area contributed by atoms with Crippen molar-refractivity contribution >= 4 is 16.9 Å². The minimum absolute atomic E-state index is 0.371. The molecule has 1 aliphatic heterocycles. The van der Waals surface area contributed by atoms with Crippen LogP contribution in [0.1, 0.15) is 13.2 Å². The summed E-state index contributed by atoms with van der Waals surface area (Å²) in [6.45, 7) is 1.10. The Balaban J connectivity index is 2.09. The second kappa shape index (κ2) is 4.92. The van der Waals surface area contributed by atoms with Crippen LogP contribution in [0.15, 0.2) is 18.6 Å². The molecule has 8 nitrogen and oxygen atoms in total. The molecule has 21 heavy (non-hydrogen) atoms. The van der Waals surface area contributed by atoms with Gasteiger partial charge in [-0.15, -0.1) is 0 Å². The summed E-state index contributed by atoms with van der Waals surface area (Å²) in [6.07, 6.45) is 0.255. The molecule has 3 heterocycles. The van der Waals surface area contributed by atoms with E-state index in [2.05, 4.69) is 15.3 Å². The minimum Gasteiger partial charge on any atom is -0.394 e. The van der Waals surface area contributed by atoms with E-state index in [0.29, 0.717) is 11.5 Å². The van der Waals surface area contributed by atoms with Gasteiger partial charge in [0.25, 0.3) is 0 Å². The molecular weight excluding hydrogens is 276 g/mol. The van der Waals surface area contributed by atoms with Crippen molar-refractivity contribution in [3.8, 4) is 0 Å². The Morgan fingerprint density at radius 1 is 1.48 bits per heavy atom. The lowest BCUT2D eigenvalue weighted by atomic mass is 9.96. The standard InChI is InChI=1S/C13H18N4O4/c1-13(20)9(19)8(5-18)21-12(13)17-4-3-7-10(14-2)15-6-16-11(7)17/h3-4,6,8-9,12,18-20H,5H2,1-2H3,(H,14,15,16)/t8-,9-,12-,13-/m1/s1. The predicted octanol–water partition coefficient (Wildman–Crippen LogP) is -0.525. The number of fused-ring (bicyclic) bond motifs is 1. The molecule has 0 radical (unpaired) electrons. The van der Waals surface area contributed by atoms with E-state index in [9.17, 15) is 15.3 Å². The van der Waals surface area contributed by atoms with Gasteiger partial charge in [-0.05, 0) is 13.0 Å². The average molecular weight is 294 g/mol. The van der Waals surface area contributed by atoms with Crippen LogP contribution in [0.5, 0.6) is 0 Å². The molecule has 4 atom stereocenters. The zero-order chi connectivity index (χ0) is 15.2. The van der Waals surface area contributed by atoms with E-state index in [0.717, 1.165) is 5.39 Å². The van der Waals surface area contributed by atoms with Gasteiger partial charge in [-0.25, -0.2) is 9.97 Å². The summed E-state index contributed by atoms with van der Waals surface area (Å²) in [7, 11) is 1.76. The van der Waals surface area contributed by atoms with E-state index in [1.807, 2.05) is 0 Å². The molecular formula is C13H18N4O4. The van der Waals surface area contributed by atoms with Crippen LogP contribution in [-0.4, -0.2) is 61.3 Å². The summed E-state index contributed by atoms with van der Waals surface area (Å²) in [5.74, 6) is 0.663. The molecule has 114 valence electrons. The maximum absolute atomic E-state index is 10.5. The SMILES string of the molecule is CNc1ncnc2c1ccn2[C@@H]1O[C@H](CO)[C@@H](O)[C@@]1(C)O. The Labute approximate surface area is 121 Å². The highest BCUT2D eigenvalue weighted by atomic mass is 16.6. The number of hydrogen-bond donors (Lipinski definition) is 4. The normalized spacial score (nSPS) is 32.7. The highest BCUT2D eigenvalue weighted by Gasteiger charge is 2.53. The van der Waals surface area contributed by atoms with Gasteiger partial charge in [-0.1, -0.05) is 0 Å². The zero-order valence-electron chi connectivity index (χ0n) is 11.8. The quantitative estimate of drug-likeness (QED) is 0.602. The molecule has 1 saturated heterocycles. The summed E-state index contributed by atoms with van der Waals surface area (Å²) < 4.78 is 7.23. The van der Waals surface area contributed by atoms with Gasteiger partial charge in [-0.3, -0.25) is 0 Å². The van der Waals surface area contributed by atoms with Crippen molar-refractivity contribution in [1.29, 1.82) is 0 Å². The number of aromatic nitrogens is 3. The van der Waals surface area contributed by atoms with Crippen molar-refractivity contribution < 1.29 is 20.1 Å². The second-order valence-corrected chi connectivity index (χ2v) is 5.31. The number of anilines is 1. The molecule has 1 aliphatic rings. The number of rotatable bonds is 3. The van der Waals surface area contributed by atoms with Crippen LogP contribution >= 0.6 is 0 Å². The fourth-order valence-electron chi connectivity index (χ4n) is 2.75. The number of aliphatic hydroxyl groups is 3. The van der Waals surface area contributed by atoms with Crippen molar-refractivity contribution in [2.24, 2.45) is 0 Å². The molecule has 0 aromatic carbocycles. The van der Waals surface area contributed by atoms with Crippen molar-refractivity contribution in [3.05, 3.63) is 18.6 Å². The van der Waals surface area contributed by atoms with Gasteiger partial charge in [0.05, 0.1) is 12.0 Å². The molecule has 0 spiro atoms. The Bertz CT molecular complexity index is 657. The van der Waals surface area contributed by atoms with E-state index >= 15 is 0 Å². The number of nitrogens with one attached hydrogen (secondary N) is 1. The van der Waals surface area contributed by atoms with Crippen molar-refractivity contribution in [2.45, 2.75) is 31.0 Å². The maximum Gasteiger partial charge on any atom is 0.167 e. The first-order chi connectivity index (χ1) is 10.0. The average Bonchev–Trinajstić information content (AvgIpc) is 2.99. The van der Waals surface area contributed by atoms with E-state index in [1.54, 1.807) is 23.9 Å². The van der Waals surface area contributed by atoms with Crippen LogP contribution in [-0.2, 0) is 4.74 Å². The number of ether oxygens (including phenoxy) is 1. The molecule has 0 bridgehead atoms. The third-order valence-electron chi connectivity index (χ3n) is 3.93. The van der Waals surface area contributed by atoms with Crippen LogP contribution in [0.2, 0.25) is 0 Å². The molecule has 2 aromatic heterocycles. The predicted molar refractivity (Wildman–Crippen MR) is 74.7 cm³/mol. The van der Waals surface area contributed by atoms with Gasteiger partial charge in [0, 0.05) is 13.2 Å². The molecule has 2 aromatic rings. The van der Waals surface area contributed by atoms with Gasteiger partial charge in [0.1, 0.15) is 35.6 Å². The topological polar surface area (TPSA) is 113 Å².